The van der Waals surface area contributed by atoms with Crippen LogP contribution in [0.4, 0.5) is 0 Å². The average molecular weight is 354 g/mol. The van der Waals surface area contributed by atoms with Crippen molar-refractivity contribution in [3.63, 3.8) is 0 Å². The van der Waals surface area contributed by atoms with E-state index in [2.05, 4.69) is 15.3 Å². The number of benzene rings is 1. The maximum Gasteiger partial charge on any atom is 0.306 e. The van der Waals surface area contributed by atoms with Crippen LogP contribution in [0.25, 0.3) is 11.5 Å². The maximum atomic E-state index is 11.9. The highest BCUT2D eigenvalue weighted by Gasteiger charge is 2.11. The molecule has 7 nitrogen and oxygen atoms in total. The number of hydrogen-bond acceptors (Lipinski definition) is 6. The van der Waals surface area contributed by atoms with Crippen molar-refractivity contribution in [2.75, 3.05) is 6.61 Å². The standard InChI is InChI=1S/C19H22N4O3/c1-13-4-6-16(7-5-13)19-21-20-17(26-19)8-9-18(24)25-11-10-23-15(3)12-14(2)22-23/h4-7,12H,8-11H2,1-3H3. The van der Waals surface area contributed by atoms with E-state index in [9.17, 15) is 4.79 Å². The molecule has 1 aromatic carbocycles. The van der Waals surface area contributed by atoms with Crippen LogP contribution < -0.4 is 0 Å². The van der Waals surface area contributed by atoms with Gasteiger partial charge in [-0.2, -0.15) is 5.10 Å². The lowest BCUT2D eigenvalue weighted by Crippen LogP contribution is -2.13. The zero-order valence-corrected chi connectivity index (χ0v) is 15.2. The number of hydrogen-bond donors (Lipinski definition) is 0. The molecule has 0 saturated heterocycles. The van der Waals surface area contributed by atoms with Gasteiger partial charge >= 0.3 is 5.97 Å². The molecule has 0 aliphatic rings. The summed E-state index contributed by atoms with van der Waals surface area (Å²) in [6.45, 7) is 6.76. The summed E-state index contributed by atoms with van der Waals surface area (Å²) in [6, 6.07) is 9.82. The van der Waals surface area contributed by atoms with Gasteiger partial charge in [-0.25, -0.2) is 0 Å². The average Bonchev–Trinajstić information content (AvgIpc) is 3.20. The van der Waals surface area contributed by atoms with E-state index in [0.717, 1.165) is 22.5 Å². The van der Waals surface area contributed by atoms with E-state index in [1.807, 2.05) is 55.8 Å². The summed E-state index contributed by atoms with van der Waals surface area (Å²) in [6.07, 6.45) is 0.560. The molecule has 0 N–H and O–H groups in total. The van der Waals surface area contributed by atoms with Crippen LogP contribution in [0.15, 0.2) is 34.7 Å². The Morgan fingerprint density at radius 1 is 1.15 bits per heavy atom. The number of carbonyl (C=O) groups is 1. The normalized spacial score (nSPS) is 10.9. The second-order valence-electron chi connectivity index (χ2n) is 6.24. The van der Waals surface area contributed by atoms with Gasteiger partial charge in [0.15, 0.2) is 0 Å². The number of esters is 1. The predicted molar refractivity (Wildman–Crippen MR) is 95.5 cm³/mol. The Kier molecular flexibility index (Phi) is 5.46. The van der Waals surface area contributed by atoms with Crippen LogP contribution in [0.3, 0.4) is 0 Å². The fraction of sp³-hybridized carbons (Fsp3) is 0.368. The molecule has 26 heavy (non-hydrogen) atoms. The summed E-state index contributed by atoms with van der Waals surface area (Å²) in [4.78, 5) is 11.9. The smallest absolute Gasteiger partial charge is 0.306 e. The predicted octanol–water partition coefficient (Wildman–Crippen LogP) is 3.03. The third kappa shape index (κ3) is 4.56. The second-order valence-corrected chi connectivity index (χ2v) is 6.24. The molecule has 0 amide bonds. The van der Waals surface area contributed by atoms with Crippen LogP contribution in [0.5, 0.6) is 0 Å². The summed E-state index contributed by atoms with van der Waals surface area (Å²) >= 11 is 0. The number of rotatable bonds is 7. The van der Waals surface area contributed by atoms with Gasteiger partial charge < -0.3 is 9.15 Å². The van der Waals surface area contributed by atoms with Crippen molar-refractivity contribution < 1.29 is 13.9 Å². The molecule has 7 heteroatoms. The van der Waals surface area contributed by atoms with Gasteiger partial charge in [-0.15, -0.1) is 10.2 Å². The van der Waals surface area contributed by atoms with Gasteiger partial charge in [0, 0.05) is 17.7 Å². The Bertz CT molecular complexity index is 881. The number of aryl methyl sites for hydroxylation is 4. The Morgan fingerprint density at radius 3 is 2.62 bits per heavy atom. The zero-order valence-electron chi connectivity index (χ0n) is 15.2. The molecule has 3 aromatic rings. The lowest BCUT2D eigenvalue weighted by Gasteiger charge is -2.05. The van der Waals surface area contributed by atoms with Crippen LogP contribution in [-0.4, -0.2) is 32.6 Å². The van der Waals surface area contributed by atoms with E-state index in [0.29, 0.717) is 31.4 Å². The topological polar surface area (TPSA) is 83.0 Å². The first-order chi connectivity index (χ1) is 12.5. The highest BCUT2D eigenvalue weighted by molar-refractivity contribution is 5.69. The fourth-order valence-electron chi connectivity index (χ4n) is 2.60. The van der Waals surface area contributed by atoms with E-state index < -0.39 is 0 Å². The third-order valence-corrected chi connectivity index (χ3v) is 3.98. The third-order valence-electron chi connectivity index (χ3n) is 3.98. The molecule has 0 atom stereocenters. The molecular weight excluding hydrogens is 332 g/mol. The fourth-order valence-corrected chi connectivity index (χ4v) is 2.60. The van der Waals surface area contributed by atoms with Crippen LogP contribution in [-0.2, 0) is 22.5 Å². The summed E-state index contributed by atoms with van der Waals surface area (Å²) in [5, 5.41) is 12.3. The van der Waals surface area contributed by atoms with Crippen molar-refractivity contribution >= 4 is 5.97 Å². The Hall–Kier alpha value is -2.96. The van der Waals surface area contributed by atoms with Gasteiger partial charge in [0.05, 0.1) is 18.7 Å². The summed E-state index contributed by atoms with van der Waals surface area (Å²) in [5.74, 6) is 0.593. The van der Waals surface area contributed by atoms with Gasteiger partial charge in [0.25, 0.3) is 0 Å². The van der Waals surface area contributed by atoms with Gasteiger partial charge in [0.1, 0.15) is 6.61 Å². The molecule has 0 radical (unpaired) electrons. The van der Waals surface area contributed by atoms with Crippen molar-refractivity contribution in [3.8, 4) is 11.5 Å². The first-order valence-electron chi connectivity index (χ1n) is 8.57. The van der Waals surface area contributed by atoms with Crippen molar-refractivity contribution in [3.05, 3.63) is 53.2 Å². The Balaban J connectivity index is 1.44. The van der Waals surface area contributed by atoms with Crippen molar-refractivity contribution in [2.45, 2.75) is 40.2 Å². The monoisotopic (exact) mass is 354 g/mol. The van der Waals surface area contributed by atoms with E-state index in [-0.39, 0.29) is 12.4 Å². The van der Waals surface area contributed by atoms with E-state index in [1.54, 1.807) is 0 Å². The van der Waals surface area contributed by atoms with Gasteiger partial charge in [-0.3, -0.25) is 9.48 Å². The van der Waals surface area contributed by atoms with E-state index >= 15 is 0 Å². The molecule has 0 aliphatic heterocycles. The van der Waals surface area contributed by atoms with Crippen LogP contribution >= 0.6 is 0 Å². The maximum absolute atomic E-state index is 11.9. The summed E-state index contributed by atoms with van der Waals surface area (Å²) < 4.78 is 12.7. The number of carbonyl (C=O) groups excluding carboxylic acids is 1. The lowest BCUT2D eigenvalue weighted by molar-refractivity contribution is -0.144. The van der Waals surface area contributed by atoms with Gasteiger partial charge in [-0.1, -0.05) is 17.7 Å². The summed E-state index contributed by atoms with van der Waals surface area (Å²) in [5.41, 5.74) is 4.03. The van der Waals surface area contributed by atoms with Crippen molar-refractivity contribution in [1.82, 2.24) is 20.0 Å². The first kappa shape index (κ1) is 17.8. The second kappa shape index (κ2) is 7.95. The van der Waals surface area contributed by atoms with Crippen molar-refractivity contribution in [1.29, 1.82) is 0 Å². The van der Waals surface area contributed by atoms with Crippen molar-refractivity contribution in [2.24, 2.45) is 0 Å². The van der Waals surface area contributed by atoms with Crippen LogP contribution in [0, 0.1) is 20.8 Å². The molecule has 0 fully saturated rings. The zero-order chi connectivity index (χ0) is 18.5. The summed E-state index contributed by atoms with van der Waals surface area (Å²) in [7, 11) is 0. The lowest BCUT2D eigenvalue weighted by atomic mass is 10.1. The Labute approximate surface area is 152 Å². The van der Waals surface area contributed by atoms with Gasteiger partial charge in [0.2, 0.25) is 11.8 Å². The number of nitrogens with zero attached hydrogens (tertiary/aromatic N) is 4. The van der Waals surface area contributed by atoms with E-state index in [1.165, 1.54) is 0 Å². The molecule has 0 bridgehead atoms. The minimum Gasteiger partial charge on any atom is -0.464 e. The number of ether oxygens (including phenoxy) is 1. The molecule has 0 aliphatic carbocycles. The quantitative estimate of drug-likeness (QED) is 0.607. The van der Waals surface area contributed by atoms with E-state index in [4.69, 9.17) is 9.15 Å². The molecule has 136 valence electrons. The minimum atomic E-state index is -0.290. The SMILES string of the molecule is Cc1ccc(-c2nnc(CCC(=O)OCCn3nc(C)cc3C)o2)cc1. The first-order valence-corrected chi connectivity index (χ1v) is 8.57. The molecule has 0 spiro atoms. The highest BCUT2D eigenvalue weighted by Crippen LogP contribution is 2.18. The molecule has 2 heterocycles. The van der Waals surface area contributed by atoms with Crippen LogP contribution in [0.1, 0.15) is 29.3 Å². The molecular formula is C19H22N4O3. The highest BCUT2D eigenvalue weighted by atomic mass is 16.5. The molecule has 3 rings (SSSR count). The largest absolute Gasteiger partial charge is 0.464 e. The number of aromatic nitrogens is 4. The molecule has 2 aromatic heterocycles. The Morgan fingerprint density at radius 2 is 1.92 bits per heavy atom. The molecule has 0 unspecified atom stereocenters. The minimum absolute atomic E-state index is 0.201. The molecule has 0 saturated carbocycles. The van der Waals surface area contributed by atoms with Crippen LogP contribution in [0.2, 0.25) is 0 Å². The van der Waals surface area contributed by atoms with Gasteiger partial charge in [-0.05, 0) is 39.0 Å².